The van der Waals surface area contributed by atoms with Gasteiger partial charge in [-0.1, -0.05) is 0 Å². The fourth-order valence-corrected chi connectivity index (χ4v) is 1.16. The van der Waals surface area contributed by atoms with Gasteiger partial charge >= 0.3 is 0 Å². The Morgan fingerprint density at radius 3 is 3.15 bits per heavy atom. The summed E-state index contributed by atoms with van der Waals surface area (Å²) < 4.78 is 5.22. The van der Waals surface area contributed by atoms with Crippen molar-refractivity contribution in [2.75, 3.05) is 6.54 Å². The van der Waals surface area contributed by atoms with Crippen LogP contribution < -0.4 is 5.73 Å². The van der Waals surface area contributed by atoms with Crippen molar-refractivity contribution in [1.82, 2.24) is 9.97 Å². The summed E-state index contributed by atoms with van der Waals surface area (Å²) in [6.07, 6.45) is 6.06. The maximum Gasteiger partial charge on any atom is 0.195 e. The highest BCUT2D eigenvalue weighted by Crippen LogP contribution is 2.17. The van der Waals surface area contributed by atoms with Crippen LogP contribution in [-0.2, 0) is 6.42 Å². The number of aromatic amines is 1. The van der Waals surface area contributed by atoms with Gasteiger partial charge in [-0.3, -0.25) is 0 Å². The second kappa shape index (κ2) is 3.45. The average Bonchev–Trinajstić information content (AvgIpc) is 2.70. The minimum Gasteiger partial charge on any atom is -0.448 e. The van der Waals surface area contributed by atoms with Gasteiger partial charge in [0.2, 0.25) is 0 Å². The fraction of sp³-hybridized carbons (Fsp3) is 0.222. The maximum atomic E-state index is 5.38. The number of hydrogen-bond donors (Lipinski definition) is 2. The summed E-state index contributed by atoms with van der Waals surface area (Å²) in [7, 11) is 0. The molecule has 2 heterocycles. The second-order valence-corrected chi connectivity index (χ2v) is 2.76. The number of nitrogens with two attached hydrogens (primary N) is 1. The van der Waals surface area contributed by atoms with Crippen molar-refractivity contribution in [2.24, 2.45) is 5.73 Å². The van der Waals surface area contributed by atoms with Crippen LogP contribution in [0.4, 0.5) is 0 Å². The zero-order valence-corrected chi connectivity index (χ0v) is 7.16. The van der Waals surface area contributed by atoms with Crippen molar-refractivity contribution in [1.29, 1.82) is 0 Å². The van der Waals surface area contributed by atoms with Crippen molar-refractivity contribution in [2.45, 2.75) is 6.42 Å². The molecule has 3 N–H and O–H groups in total. The lowest BCUT2D eigenvalue weighted by atomic mass is 10.3. The van der Waals surface area contributed by atoms with Crippen molar-refractivity contribution in [3.05, 3.63) is 30.6 Å². The largest absolute Gasteiger partial charge is 0.448 e. The molecule has 2 rings (SSSR count). The van der Waals surface area contributed by atoms with E-state index in [-0.39, 0.29) is 0 Å². The number of oxazole rings is 1. The molecular weight excluding hydrogens is 166 g/mol. The Hall–Kier alpha value is -1.55. The zero-order valence-electron chi connectivity index (χ0n) is 7.16. The molecule has 0 saturated carbocycles. The van der Waals surface area contributed by atoms with E-state index in [9.17, 15) is 0 Å². The second-order valence-electron chi connectivity index (χ2n) is 2.76. The van der Waals surface area contributed by atoms with E-state index in [0.717, 1.165) is 11.3 Å². The third-order valence-electron chi connectivity index (χ3n) is 1.80. The van der Waals surface area contributed by atoms with Gasteiger partial charge in [-0.2, -0.15) is 0 Å². The van der Waals surface area contributed by atoms with Gasteiger partial charge in [0.1, 0.15) is 12.0 Å². The molecule has 0 saturated heterocycles. The molecule has 0 radical (unpaired) electrons. The van der Waals surface area contributed by atoms with Crippen LogP contribution in [0.2, 0.25) is 0 Å². The molecule has 13 heavy (non-hydrogen) atoms. The first-order chi connectivity index (χ1) is 6.40. The van der Waals surface area contributed by atoms with Gasteiger partial charge in [-0.15, -0.1) is 0 Å². The summed E-state index contributed by atoms with van der Waals surface area (Å²) in [4.78, 5) is 7.24. The molecule has 0 fully saturated rings. The lowest BCUT2D eigenvalue weighted by Crippen LogP contribution is -2.02. The number of rotatable bonds is 3. The summed E-state index contributed by atoms with van der Waals surface area (Å²) in [6, 6.07) is 1.95. The van der Waals surface area contributed by atoms with Gasteiger partial charge in [0.15, 0.2) is 5.89 Å². The molecule has 0 bridgehead atoms. The molecule has 0 spiro atoms. The standard InChI is InChI=1S/C9H11N3O/c10-3-1-9-12-8(6-13-9)7-2-4-11-5-7/h2,4-6,11H,1,3,10H2. The van der Waals surface area contributed by atoms with Crippen LogP contribution in [0.5, 0.6) is 0 Å². The SMILES string of the molecule is NCCc1nc(-c2cc[nH]c2)co1. The van der Waals surface area contributed by atoms with E-state index in [1.807, 2.05) is 18.5 Å². The van der Waals surface area contributed by atoms with E-state index in [0.29, 0.717) is 18.9 Å². The number of aromatic nitrogens is 2. The smallest absolute Gasteiger partial charge is 0.195 e. The topological polar surface area (TPSA) is 67.8 Å². The Kier molecular flexibility index (Phi) is 2.14. The number of H-pyrrole nitrogens is 1. The van der Waals surface area contributed by atoms with Crippen LogP contribution in [0.15, 0.2) is 29.1 Å². The Morgan fingerprint density at radius 2 is 2.46 bits per heavy atom. The van der Waals surface area contributed by atoms with Crippen LogP contribution >= 0.6 is 0 Å². The highest BCUT2D eigenvalue weighted by molar-refractivity contribution is 5.56. The van der Waals surface area contributed by atoms with Crippen molar-refractivity contribution < 1.29 is 4.42 Å². The molecule has 4 nitrogen and oxygen atoms in total. The summed E-state index contributed by atoms with van der Waals surface area (Å²) >= 11 is 0. The molecule has 0 atom stereocenters. The minimum absolute atomic E-state index is 0.563. The molecule has 0 amide bonds. The molecule has 0 aliphatic heterocycles. The van der Waals surface area contributed by atoms with Gasteiger partial charge in [-0.25, -0.2) is 4.98 Å². The number of hydrogen-bond acceptors (Lipinski definition) is 3. The van der Waals surface area contributed by atoms with E-state index >= 15 is 0 Å². The number of nitrogens with one attached hydrogen (secondary N) is 1. The van der Waals surface area contributed by atoms with Gasteiger partial charge in [0, 0.05) is 30.9 Å². The normalized spacial score (nSPS) is 10.5. The number of nitrogens with zero attached hydrogens (tertiary/aromatic N) is 1. The first-order valence-electron chi connectivity index (χ1n) is 4.18. The third-order valence-corrected chi connectivity index (χ3v) is 1.80. The Balaban J connectivity index is 2.23. The van der Waals surface area contributed by atoms with E-state index < -0.39 is 0 Å². The van der Waals surface area contributed by atoms with Gasteiger partial charge in [0.25, 0.3) is 0 Å². The van der Waals surface area contributed by atoms with Crippen molar-refractivity contribution in [3.8, 4) is 11.3 Å². The van der Waals surface area contributed by atoms with Crippen LogP contribution in [0.1, 0.15) is 5.89 Å². The van der Waals surface area contributed by atoms with Gasteiger partial charge in [-0.05, 0) is 6.07 Å². The molecule has 0 aliphatic carbocycles. The average molecular weight is 177 g/mol. The summed E-state index contributed by atoms with van der Waals surface area (Å²) in [5.41, 5.74) is 7.27. The monoisotopic (exact) mass is 177 g/mol. The van der Waals surface area contributed by atoms with Crippen LogP contribution in [-0.4, -0.2) is 16.5 Å². The van der Waals surface area contributed by atoms with E-state index in [1.165, 1.54) is 0 Å². The lowest BCUT2D eigenvalue weighted by molar-refractivity contribution is 0.496. The molecule has 0 aromatic carbocycles. The van der Waals surface area contributed by atoms with Crippen LogP contribution in [0.25, 0.3) is 11.3 Å². The zero-order chi connectivity index (χ0) is 9.10. The predicted molar refractivity (Wildman–Crippen MR) is 49.0 cm³/mol. The molecule has 0 unspecified atom stereocenters. The van der Waals surface area contributed by atoms with E-state index in [4.69, 9.17) is 10.2 Å². The molecular formula is C9H11N3O. The third kappa shape index (κ3) is 1.62. The Bertz CT molecular complexity index is 364. The van der Waals surface area contributed by atoms with Crippen LogP contribution in [0, 0.1) is 0 Å². The molecule has 4 heteroatoms. The summed E-state index contributed by atoms with van der Waals surface area (Å²) in [5.74, 6) is 0.693. The summed E-state index contributed by atoms with van der Waals surface area (Å²) in [6.45, 7) is 0.563. The molecule has 68 valence electrons. The Labute approximate surface area is 75.8 Å². The fourth-order valence-electron chi connectivity index (χ4n) is 1.16. The predicted octanol–water partition coefficient (Wildman–Crippen LogP) is 1.17. The molecule has 2 aromatic rings. The van der Waals surface area contributed by atoms with E-state index in [2.05, 4.69) is 9.97 Å². The Morgan fingerprint density at radius 1 is 1.54 bits per heavy atom. The van der Waals surface area contributed by atoms with E-state index in [1.54, 1.807) is 6.26 Å². The lowest BCUT2D eigenvalue weighted by Gasteiger charge is -1.87. The molecule has 0 aliphatic rings. The highest BCUT2D eigenvalue weighted by atomic mass is 16.3. The van der Waals surface area contributed by atoms with Crippen molar-refractivity contribution in [3.63, 3.8) is 0 Å². The summed E-state index contributed by atoms with van der Waals surface area (Å²) in [5, 5.41) is 0. The van der Waals surface area contributed by atoms with Gasteiger partial charge < -0.3 is 15.1 Å². The molecule has 2 aromatic heterocycles. The maximum absolute atomic E-state index is 5.38. The first-order valence-corrected chi connectivity index (χ1v) is 4.18. The first kappa shape index (κ1) is 8.07. The van der Waals surface area contributed by atoms with Gasteiger partial charge in [0.05, 0.1) is 0 Å². The minimum atomic E-state index is 0.563. The van der Waals surface area contributed by atoms with Crippen molar-refractivity contribution >= 4 is 0 Å². The quantitative estimate of drug-likeness (QED) is 0.739. The van der Waals surface area contributed by atoms with Crippen LogP contribution in [0.3, 0.4) is 0 Å². The highest BCUT2D eigenvalue weighted by Gasteiger charge is 2.04.